The molecule has 0 unspecified atom stereocenters. The average Bonchev–Trinajstić information content (AvgIpc) is 2.31. The molecule has 0 aromatic carbocycles. The summed E-state index contributed by atoms with van der Waals surface area (Å²) in [5.41, 5.74) is 0. The lowest BCUT2D eigenvalue weighted by atomic mass is 10.1. The van der Waals surface area contributed by atoms with Gasteiger partial charge in [-0.3, -0.25) is 0 Å². The van der Waals surface area contributed by atoms with Gasteiger partial charge < -0.3 is 0 Å². The summed E-state index contributed by atoms with van der Waals surface area (Å²) in [5.74, 6) is 0. The molecule has 0 aliphatic carbocycles. The van der Waals surface area contributed by atoms with Gasteiger partial charge in [-0.2, -0.15) is 0 Å². The first kappa shape index (κ1) is 16.0. The highest BCUT2D eigenvalue weighted by molar-refractivity contribution is 4.50. The van der Waals surface area contributed by atoms with Crippen LogP contribution in [0.15, 0.2) is 0 Å². The third-order valence-corrected chi connectivity index (χ3v) is 3.09. The van der Waals surface area contributed by atoms with Crippen LogP contribution in [-0.4, -0.2) is 13.1 Å². The van der Waals surface area contributed by atoms with Crippen LogP contribution in [0.25, 0.3) is 0 Å². The van der Waals surface area contributed by atoms with Crippen molar-refractivity contribution in [3.63, 3.8) is 0 Å². The van der Waals surface area contributed by atoms with Gasteiger partial charge in [-0.25, -0.2) is 5.32 Å². The third-order valence-electron chi connectivity index (χ3n) is 3.09. The standard InChI is InChI=1S/C15H32N/c1-3-5-7-8-9-10-11-12-13-15-16-14-6-4-2/h3-15H2,1-2H3. The van der Waals surface area contributed by atoms with Gasteiger partial charge in [-0.1, -0.05) is 71.6 Å². The molecule has 0 atom stereocenters. The van der Waals surface area contributed by atoms with Crippen LogP contribution in [0.4, 0.5) is 0 Å². The van der Waals surface area contributed by atoms with Crippen molar-refractivity contribution < 1.29 is 0 Å². The molecule has 1 nitrogen and oxygen atoms in total. The fourth-order valence-electron chi connectivity index (χ4n) is 1.92. The molecule has 0 fully saturated rings. The Morgan fingerprint density at radius 3 is 1.50 bits per heavy atom. The quantitative estimate of drug-likeness (QED) is 0.396. The highest BCUT2D eigenvalue weighted by atomic mass is 14.8. The van der Waals surface area contributed by atoms with E-state index in [1.807, 2.05) is 0 Å². The van der Waals surface area contributed by atoms with Crippen molar-refractivity contribution in [2.24, 2.45) is 0 Å². The summed E-state index contributed by atoms with van der Waals surface area (Å²) in [4.78, 5) is 0. The molecule has 0 saturated carbocycles. The van der Waals surface area contributed by atoms with Crippen molar-refractivity contribution >= 4 is 0 Å². The fourth-order valence-corrected chi connectivity index (χ4v) is 1.92. The summed E-state index contributed by atoms with van der Waals surface area (Å²) in [7, 11) is 0. The highest BCUT2D eigenvalue weighted by Gasteiger charge is 1.92. The van der Waals surface area contributed by atoms with E-state index in [0.717, 1.165) is 13.1 Å². The lowest BCUT2D eigenvalue weighted by molar-refractivity contribution is 0.541. The van der Waals surface area contributed by atoms with Crippen LogP contribution in [0.2, 0.25) is 0 Å². The molecule has 0 amide bonds. The van der Waals surface area contributed by atoms with Crippen molar-refractivity contribution in [2.75, 3.05) is 13.1 Å². The van der Waals surface area contributed by atoms with Gasteiger partial charge in [0.2, 0.25) is 0 Å². The van der Waals surface area contributed by atoms with Crippen LogP contribution in [0.1, 0.15) is 84.5 Å². The Morgan fingerprint density at radius 2 is 0.938 bits per heavy atom. The highest BCUT2D eigenvalue weighted by Crippen LogP contribution is 2.09. The Kier molecular flexibility index (Phi) is 14.9. The average molecular weight is 226 g/mol. The first-order valence-corrected chi connectivity index (χ1v) is 7.55. The predicted octanol–water partition coefficient (Wildman–Crippen LogP) is 4.92. The van der Waals surface area contributed by atoms with Crippen molar-refractivity contribution in [1.82, 2.24) is 5.32 Å². The van der Waals surface area contributed by atoms with Gasteiger partial charge in [-0.05, 0) is 12.8 Å². The number of nitrogens with zero attached hydrogens (tertiary/aromatic N) is 1. The van der Waals surface area contributed by atoms with Gasteiger partial charge in [0.1, 0.15) is 0 Å². The van der Waals surface area contributed by atoms with Crippen LogP contribution >= 0.6 is 0 Å². The van der Waals surface area contributed by atoms with E-state index in [9.17, 15) is 0 Å². The molecule has 0 saturated heterocycles. The number of rotatable bonds is 13. The SMILES string of the molecule is CCCCCCCCCCC[N]CCCC. The summed E-state index contributed by atoms with van der Waals surface area (Å²) < 4.78 is 0. The van der Waals surface area contributed by atoms with Gasteiger partial charge in [0.05, 0.1) is 0 Å². The molecule has 1 heteroatoms. The van der Waals surface area contributed by atoms with E-state index in [-0.39, 0.29) is 0 Å². The van der Waals surface area contributed by atoms with E-state index in [4.69, 9.17) is 0 Å². The van der Waals surface area contributed by atoms with Crippen molar-refractivity contribution in [3.05, 3.63) is 0 Å². The molecule has 16 heavy (non-hydrogen) atoms. The minimum absolute atomic E-state index is 1.09. The van der Waals surface area contributed by atoms with Crippen molar-refractivity contribution in [2.45, 2.75) is 84.5 Å². The molecule has 0 aromatic rings. The molecular formula is C15H32N. The molecule has 0 aromatic heterocycles. The molecule has 0 spiro atoms. The van der Waals surface area contributed by atoms with Gasteiger partial charge in [0, 0.05) is 13.1 Å². The molecule has 0 bridgehead atoms. The molecule has 0 N–H and O–H groups in total. The second-order valence-electron chi connectivity index (χ2n) is 4.85. The Labute approximate surface area is 103 Å². The number of hydrogen-bond acceptors (Lipinski definition) is 0. The summed E-state index contributed by atoms with van der Waals surface area (Å²) in [6.07, 6.45) is 15.3. The molecule has 0 aliphatic rings. The van der Waals surface area contributed by atoms with E-state index < -0.39 is 0 Å². The molecule has 97 valence electrons. The maximum atomic E-state index is 4.52. The zero-order chi connectivity index (χ0) is 11.9. The Morgan fingerprint density at radius 1 is 0.500 bits per heavy atom. The fraction of sp³-hybridized carbons (Fsp3) is 1.00. The normalized spacial score (nSPS) is 10.9. The lowest BCUT2D eigenvalue weighted by Gasteiger charge is -2.02. The van der Waals surface area contributed by atoms with Crippen LogP contribution < -0.4 is 5.32 Å². The van der Waals surface area contributed by atoms with E-state index in [2.05, 4.69) is 19.2 Å². The van der Waals surface area contributed by atoms with Gasteiger partial charge in [-0.15, -0.1) is 0 Å². The van der Waals surface area contributed by atoms with E-state index in [1.165, 1.54) is 70.6 Å². The van der Waals surface area contributed by atoms with E-state index >= 15 is 0 Å². The topological polar surface area (TPSA) is 14.1 Å². The number of hydrogen-bond donors (Lipinski definition) is 0. The maximum absolute atomic E-state index is 4.52. The third kappa shape index (κ3) is 14.0. The largest absolute Gasteiger partial charge is 0.242 e. The lowest BCUT2D eigenvalue weighted by Crippen LogP contribution is -2.07. The van der Waals surface area contributed by atoms with Gasteiger partial charge >= 0.3 is 0 Å². The summed E-state index contributed by atoms with van der Waals surface area (Å²) in [5, 5.41) is 4.52. The number of unbranched alkanes of at least 4 members (excludes halogenated alkanes) is 9. The monoisotopic (exact) mass is 226 g/mol. The zero-order valence-electron chi connectivity index (χ0n) is 11.6. The van der Waals surface area contributed by atoms with E-state index in [1.54, 1.807) is 0 Å². The van der Waals surface area contributed by atoms with Crippen LogP contribution in [-0.2, 0) is 0 Å². The van der Waals surface area contributed by atoms with Gasteiger partial charge in [0.25, 0.3) is 0 Å². The zero-order valence-corrected chi connectivity index (χ0v) is 11.6. The van der Waals surface area contributed by atoms with E-state index in [0.29, 0.717) is 0 Å². The van der Waals surface area contributed by atoms with Crippen molar-refractivity contribution in [1.29, 1.82) is 0 Å². The predicted molar refractivity (Wildman–Crippen MR) is 74.0 cm³/mol. The first-order valence-electron chi connectivity index (χ1n) is 7.55. The van der Waals surface area contributed by atoms with Crippen LogP contribution in [0.5, 0.6) is 0 Å². The van der Waals surface area contributed by atoms with Gasteiger partial charge in [0.15, 0.2) is 0 Å². The summed E-state index contributed by atoms with van der Waals surface area (Å²) in [6.45, 7) is 6.71. The molecule has 0 rings (SSSR count). The maximum Gasteiger partial charge on any atom is 0.0133 e. The summed E-state index contributed by atoms with van der Waals surface area (Å²) >= 11 is 0. The Balaban J connectivity index is 2.83. The van der Waals surface area contributed by atoms with Crippen LogP contribution in [0.3, 0.4) is 0 Å². The minimum Gasteiger partial charge on any atom is -0.242 e. The second kappa shape index (κ2) is 15.0. The molecule has 0 heterocycles. The van der Waals surface area contributed by atoms with Crippen LogP contribution in [0, 0.1) is 0 Å². The first-order chi connectivity index (χ1) is 7.91. The Hall–Kier alpha value is -0.0400. The summed E-state index contributed by atoms with van der Waals surface area (Å²) in [6, 6.07) is 0. The minimum atomic E-state index is 1.09. The van der Waals surface area contributed by atoms with Crippen molar-refractivity contribution in [3.8, 4) is 0 Å². The molecular weight excluding hydrogens is 194 g/mol. The second-order valence-corrected chi connectivity index (χ2v) is 4.85. The Bertz CT molecular complexity index is 98.0. The smallest absolute Gasteiger partial charge is 0.0133 e. The molecule has 1 radical (unpaired) electrons. The molecule has 0 aliphatic heterocycles.